The maximum atomic E-state index is 15.5. The molecule has 4 aromatic carbocycles. The van der Waals surface area contributed by atoms with Crippen molar-refractivity contribution in [3.05, 3.63) is 130 Å². The number of nitrogens with one attached hydrogen (secondary N) is 2. The van der Waals surface area contributed by atoms with Gasteiger partial charge in [-0.1, -0.05) is 60.6 Å². The summed E-state index contributed by atoms with van der Waals surface area (Å²) in [6, 6.07) is 24.7. The first-order chi connectivity index (χ1) is 36.4. The quantitative estimate of drug-likeness (QED) is 0.0467. The van der Waals surface area contributed by atoms with E-state index in [0.717, 1.165) is 114 Å². The molecule has 0 radical (unpaired) electrons. The van der Waals surface area contributed by atoms with Crippen LogP contribution in [0, 0.1) is 18.7 Å². The van der Waals surface area contributed by atoms with Crippen molar-refractivity contribution in [3.63, 3.8) is 0 Å². The number of pyridine rings is 1. The first-order valence-corrected chi connectivity index (χ1v) is 26.9. The molecule has 11 rings (SSSR count). The molecule has 388 valence electrons. The van der Waals surface area contributed by atoms with Crippen LogP contribution < -0.4 is 25.2 Å². The molecule has 4 N–H and O–H groups in total. The molecule has 2 saturated heterocycles. The molecule has 16 nitrogen and oxygen atoms in total. The third-order valence-corrected chi connectivity index (χ3v) is 16.7. The number of amides is 5. The average molecular weight is 1040 g/mol. The number of piperidine rings is 1. The van der Waals surface area contributed by atoms with Crippen LogP contribution in [-0.2, 0) is 22.6 Å². The summed E-state index contributed by atoms with van der Waals surface area (Å²) in [5.41, 5.74) is 6.14. The highest BCUT2D eigenvalue weighted by Crippen LogP contribution is 2.39. The molecule has 1 aliphatic carbocycles. The van der Waals surface area contributed by atoms with Crippen molar-refractivity contribution in [1.29, 1.82) is 0 Å². The van der Waals surface area contributed by atoms with E-state index in [4.69, 9.17) is 9.72 Å². The van der Waals surface area contributed by atoms with Gasteiger partial charge < -0.3 is 24.7 Å². The van der Waals surface area contributed by atoms with Gasteiger partial charge >= 0.3 is 0 Å². The zero-order chi connectivity index (χ0) is 51.9. The molecule has 0 spiro atoms. The molecule has 1 saturated carbocycles. The number of benzene rings is 4. The second-order valence-electron chi connectivity index (χ2n) is 20.3. The molecular formula is C57H59FN8O8S. The van der Waals surface area contributed by atoms with Gasteiger partial charge in [-0.25, -0.2) is 14.4 Å². The first kappa shape index (κ1) is 50.1. The monoisotopic (exact) mass is 1030 g/mol. The highest BCUT2D eigenvalue weighted by molar-refractivity contribution is 7.22. The number of rotatable bonds is 14. The number of thiazole rings is 1. The van der Waals surface area contributed by atoms with Crippen LogP contribution in [0.1, 0.15) is 118 Å². The van der Waals surface area contributed by atoms with Gasteiger partial charge in [0.2, 0.25) is 11.8 Å². The highest BCUT2D eigenvalue weighted by Gasteiger charge is 2.45. The summed E-state index contributed by atoms with van der Waals surface area (Å²) in [5, 5.41) is 27.2. The Morgan fingerprint density at radius 3 is 2.36 bits per heavy atom. The molecule has 18 heteroatoms. The number of fused-ring (bicyclic) bond motifs is 3. The molecule has 5 aliphatic rings. The third-order valence-electron chi connectivity index (χ3n) is 15.7. The molecule has 3 fully saturated rings. The second-order valence-corrected chi connectivity index (χ2v) is 21.4. The van der Waals surface area contributed by atoms with E-state index in [1.54, 1.807) is 0 Å². The fourth-order valence-corrected chi connectivity index (χ4v) is 12.5. The van der Waals surface area contributed by atoms with Gasteiger partial charge in [0.25, 0.3) is 17.7 Å². The summed E-state index contributed by atoms with van der Waals surface area (Å²) in [5.74, 6) is -1.36. The standard InChI is InChI=1S/C57H59FN8O8S/c1-33-37(38-19-21-49(60-51(38)56(72)73)65-25-23-35-9-6-11-39(42(35)32-65)52(68)62-57-59-44-12-2-3-14-48(44)75-57)10-7-13-47(33)74-36-17-15-34(16-18-36)8-4-5-24-63-26-28-64(29-27-63)46-31-41-40(30-43(46)58)54(70)66(55(41)71)45-20-22-50(67)61-53(45)69/h2-3,6-7,9-14,19,21,30-31,34,36,45,56,72-73H,4-5,8,15-18,20,22-29,32H2,1H3,(H,59,62,68)(H,61,67,69)/t34-,36-,45?. The van der Waals surface area contributed by atoms with Gasteiger partial charge in [-0.05, 0) is 135 Å². The van der Waals surface area contributed by atoms with Crippen LogP contribution in [0.25, 0.3) is 21.3 Å². The number of nitrogens with zero attached hydrogens (tertiary/aromatic N) is 6. The Kier molecular flexibility index (Phi) is 14.2. The van der Waals surface area contributed by atoms with Crippen molar-refractivity contribution in [1.82, 2.24) is 25.1 Å². The van der Waals surface area contributed by atoms with Gasteiger partial charge in [-0.3, -0.25) is 44.4 Å². The fourth-order valence-electron chi connectivity index (χ4n) is 11.6. The maximum Gasteiger partial charge on any atom is 0.262 e. The number of aliphatic hydroxyl groups excluding tert-OH is 1. The molecular weight excluding hydrogens is 976 g/mol. The number of aliphatic hydroxyl groups is 2. The van der Waals surface area contributed by atoms with E-state index in [0.29, 0.717) is 60.6 Å². The Morgan fingerprint density at radius 1 is 0.813 bits per heavy atom. The van der Waals surface area contributed by atoms with E-state index in [1.165, 1.54) is 17.4 Å². The minimum Gasteiger partial charge on any atom is -0.490 e. The number of halogens is 1. The number of carbonyl (C=O) groups excluding carboxylic acids is 5. The highest BCUT2D eigenvalue weighted by atomic mass is 32.1. The SMILES string of the molecule is Cc1c(O[C@H]2CC[C@H](CCCCN3CCN(c4cc5c(cc4F)C(=O)N(C4CCC(=O)NC4=O)C5=O)CC3)CC2)cccc1-c1ccc(N2CCc3cccc(C(=O)Nc4nc5ccccc5s4)c3C2)nc1C(O)O. The fraction of sp³-hybridized carbons (Fsp3) is 0.386. The third kappa shape index (κ3) is 10.2. The predicted octanol–water partition coefficient (Wildman–Crippen LogP) is 7.94. The Labute approximate surface area is 437 Å². The van der Waals surface area contributed by atoms with E-state index in [-0.39, 0.29) is 47.4 Å². The summed E-state index contributed by atoms with van der Waals surface area (Å²) in [6.07, 6.45) is 6.37. The molecule has 6 aromatic rings. The Morgan fingerprint density at radius 2 is 1.59 bits per heavy atom. The zero-order valence-electron chi connectivity index (χ0n) is 41.7. The van der Waals surface area contributed by atoms with E-state index >= 15 is 4.39 Å². The molecule has 75 heavy (non-hydrogen) atoms. The van der Waals surface area contributed by atoms with Gasteiger partial charge in [-0.2, -0.15) is 0 Å². The van der Waals surface area contributed by atoms with Crippen LogP contribution in [-0.4, -0.2) is 111 Å². The van der Waals surface area contributed by atoms with Gasteiger partial charge in [0.15, 0.2) is 11.4 Å². The number of anilines is 3. The van der Waals surface area contributed by atoms with Crippen molar-refractivity contribution in [2.45, 2.75) is 96.1 Å². The number of ether oxygens (including phenoxy) is 1. The first-order valence-electron chi connectivity index (χ1n) is 26.1. The number of unbranched alkanes of at least 4 members (excludes halogenated alkanes) is 1. The van der Waals surface area contributed by atoms with Crippen molar-refractivity contribution in [2.24, 2.45) is 5.92 Å². The van der Waals surface area contributed by atoms with Crippen LogP contribution >= 0.6 is 11.3 Å². The molecule has 1 unspecified atom stereocenters. The summed E-state index contributed by atoms with van der Waals surface area (Å²) in [4.78, 5) is 81.0. The van der Waals surface area contributed by atoms with Gasteiger partial charge in [-0.15, -0.1) is 0 Å². The number of imide groups is 2. The van der Waals surface area contributed by atoms with Crippen molar-refractivity contribution in [3.8, 4) is 16.9 Å². The second kappa shape index (κ2) is 21.2. The summed E-state index contributed by atoms with van der Waals surface area (Å²) < 4.78 is 23.2. The number of para-hydroxylation sites is 1. The van der Waals surface area contributed by atoms with E-state index in [1.807, 2.05) is 84.6 Å². The maximum absolute atomic E-state index is 15.5. The number of aromatic nitrogens is 2. The number of piperazine rings is 1. The number of hydrogen-bond acceptors (Lipinski definition) is 14. The van der Waals surface area contributed by atoms with Gasteiger partial charge in [0.05, 0.1) is 33.1 Å². The summed E-state index contributed by atoms with van der Waals surface area (Å²) >= 11 is 1.43. The molecule has 0 bridgehead atoms. The lowest BCUT2D eigenvalue weighted by Gasteiger charge is -2.36. The van der Waals surface area contributed by atoms with E-state index in [9.17, 15) is 34.2 Å². The Hall–Kier alpha value is -7.12. The Bertz CT molecular complexity index is 3190. The van der Waals surface area contributed by atoms with Crippen molar-refractivity contribution in [2.75, 3.05) is 54.4 Å². The van der Waals surface area contributed by atoms with Crippen LogP contribution in [0.5, 0.6) is 5.75 Å². The minimum absolute atomic E-state index is 0.0145. The minimum atomic E-state index is -1.82. The van der Waals surface area contributed by atoms with Crippen LogP contribution in [0.3, 0.4) is 0 Å². The predicted molar refractivity (Wildman–Crippen MR) is 282 cm³/mol. The van der Waals surface area contributed by atoms with E-state index in [2.05, 4.69) is 25.4 Å². The number of carbonyl (C=O) groups is 5. The van der Waals surface area contributed by atoms with Crippen molar-refractivity contribution < 1.29 is 43.3 Å². The average Bonchev–Trinajstić information content (AvgIpc) is 3.94. The van der Waals surface area contributed by atoms with Crippen LogP contribution in [0.15, 0.2) is 84.9 Å². The molecule has 5 amide bonds. The molecule has 4 aliphatic heterocycles. The lowest BCUT2D eigenvalue weighted by atomic mass is 9.84. The lowest BCUT2D eigenvalue weighted by Crippen LogP contribution is -2.54. The Balaban J connectivity index is 0.647. The van der Waals surface area contributed by atoms with Crippen LogP contribution in [0.4, 0.5) is 21.0 Å². The molecule has 2 aromatic heterocycles. The summed E-state index contributed by atoms with van der Waals surface area (Å²) in [7, 11) is 0. The number of hydrogen-bond donors (Lipinski definition) is 4. The van der Waals surface area contributed by atoms with Crippen LogP contribution in [0.2, 0.25) is 0 Å². The zero-order valence-corrected chi connectivity index (χ0v) is 42.5. The normalized spacial score (nSPS) is 20.2. The molecule has 1 atom stereocenters. The largest absolute Gasteiger partial charge is 0.490 e. The van der Waals surface area contributed by atoms with E-state index < -0.39 is 41.8 Å². The lowest BCUT2D eigenvalue weighted by molar-refractivity contribution is -0.136. The smallest absolute Gasteiger partial charge is 0.262 e. The topological polar surface area (TPSA) is 198 Å². The van der Waals surface area contributed by atoms with Gasteiger partial charge in [0, 0.05) is 56.8 Å². The van der Waals surface area contributed by atoms with Gasteiger partial charge in [0.1, 0.15) is 29.1 Å². The van der Waals surface area contributed by atoms with Crippen molar-refractivity contribution >= 4 is 67.7 Å². The summed E-state index contributed by atoms with van der Waals surface area (Å²) in [6.45, 7) is 6.63. The molecule has 6 heterocycles.